The van der Waals surface area contributed by atoms with E-state index in [0.29, 0.717) is 5.92 Å². The van der Waals surface area contributed by atoms with E-state index in [9.17, 15) is 0 Å². The van der Waals surface area contributed by atoms with Crippen LogP contribution < -0.4 is 5.32 Å². The summed E-state index contributed by atoms with van der Waals surface area (Å²) in [5.74, 6) is 0.495. The number of aryl methyl sites for hydroxylation is 5. The third-order valence-corrected chi connectivity index (χ3v) is 5.49. The molecule has 0 radical (unpaired) electrons. The van der Waals surface area contributed by atoms with E-state index in [1.54, 1.807) is 0 Å². The molecular weight excluding hydrogens is 302 g/mol. The van der Waals surface area contributed by atoms with Gasteiger partial charge in [-0.1, -0.05) is 55.5 Å². The maximum Gasteiger partial charge on any atom is 0.0237 e. The number of nitrogens with one attached hydrogen (secondary N) is 1. The van der Waals surface area contributed by atoms with Crippen molar-refractivity contribution in [2.75, 3.05) is 6.54 Å². The molecule has 1 atom stereocenters. The van der Waals surface area contributed by atoms with Crippen molar-refractivity contribution in [2.45, 2.75) is 58.8 Å². The molecule has 0 saturated carbocycles. The second-order valence-corrected chi connectivity index (χ2v) is 7.51. The van der Waals surface area contributed by atoms with Crippen LogP contribution in [0.5, 0.6) is 0 Å². The van der Waals surface area contributed by atoms with Crippen LogP contribution >= 0.6 is 0 Å². The summed E-state index contributed by atoms with van der Waals surface area (Å²) in [6.07, 6.45) is 5.78. The van der Waals surface area contributed by atoms with Gasteiger partial charge in [-0.25, -0.2) is 0 Å². The van der Waals surface area contributed by atoms with Crippen molar-refractivity contribution >= 4 is 0 Å². The van der Waals surface area contributed by atoms with E-state index >= 15 is 0 Å². The lowest BCUT2D eigenvalue weighted by atomic mass is 9.94. The fraction of sp³-hybridized carbons (Fsp3) is 0.417. The first-order valence-electron chi connectivity index (χ1n) is 9.69. The normalized spacial score (nSPS) is 15.9. The van der Waals surface area contributed by atoms with Crippen LogP contribution in [0.2, 0.25) is 0 Å². The Bertz CT molecular complexity index is 757. The number of rotatable bonds is 7. The summed E-state index contributed by atoms with van der Waals surface area (Å²) >= 11 is 0. The predicted molar refractivity (Wildman–Crippen MR) is 108 cm³/mol. The first-order chi connectivity index (χ1) is 12.1. The first kappa shape index (κ1) is 17.8. The van der Waals surface area contributed by atoms with Crippen molar-refractivity contribution in [2.24, 2.45) is 0 Å². The lowest BCUT2D eigenvalue weighted by molar-refractivity contribution is 0.665. The van der Waals surface area contributed by atoms with Crippen molar-refractivity contribution < 1.29 is 0 Å². The van der Waals surface area contributed by atoms with E-state index in [2.05, 4.69) is 69.1 Å². The van der Waals surface area contributed by atoms with Crippen LogP contribution in [0.15, 0.2) is 48.7 Å². The van der Waals surface area contributed by atoms with Gasteiger partial charge in [-0.3, -0.25) is 0 Å². The van der Waals surface area contributed by atoms with Gasteiger partial charge in [0, 0.05) is 18.2 Å². The highest BCUT2D eigenvalue weighted by Crippen LogP contribution is 2.37. The maximum atomic E-state index is 4.28. The largest absolute Gasteiger partial charge is 0.388 e. The van der Waals surface area contributed by atoms with Crippen LogP contribution in [0.25, 0.3) is 0 Å². The highest BCUT2D eigenvalue weighted by atomic mass is 14.9. The van der Waals surface area contributed by atoms with Gasteiger partial charge in [0.15, 0.2) is 0 Å². The lowest BCUT2D eigenvalue weighted by Crippen LogP contribution is -2.17. The zero-order valence-corrected chi connectivity index (χ0v) is 16.0. The Balaban J connectivity index is 1.67. The standard InChI is InChI=1S/C24H31N/c1-5-14-25-19(4)23-13-11-22-16-20(8-12-24(22)23)7-10-21-9-6-17(2)15-18(21)3/h6,8-9,12,15-16,23,25H,4-5,7,10-11,13-14H2,1-3H3. The first-order valence-corrected chi connectivity index (χ1v) is 9.69. The van der Waals surface area contributed by atoms with E-state index in [1.807, 2.05) is 0 Å². The van der Waals surface area contributed by atoms with Gasteiger partial charge >= 0.3 is 0 Å². The van der Waals surface area contributed by atoms with Gasteiger partial charge in [0.2, 0.25) is 0 Å². The molecule has 0 aliphatic heterocycles. The summed E-state index contributed by atoms with van der Waals surface area (Å²) in [7, 11) is 0. The Morgan fingerprint density at radius 1 is 1.12 bits per heavy atom. The summed E-state index contributed by atoms with van der Waals surface area (Å²) in [6.45, 7) is 11.9. The molecule has 132 valence electrons. The second kappa shape index (κ2) is 7.91. The van der Waals surface area contributed by atoms with Crippen LogP contribution in [-0.4, -0.2) is 6.54 Å². The Hall–Kier alpha value is -2.02. The number of hydrogen-bond acceptors (Lipinski definition) is 1. The van der Waals surface area contributed by atoms with Gasteiger partial charge in [-0.2, -0.15) is 0 Å². The van der Waals surface area contributed by atoms with Crippen molar-refractivity contribution in [3.63, 3.8) is 0 Å². The van der Waals surface area contributed by atoms with E-state index in [0.717, 1.165) is 25.8 Å². The molecule has 0 bridgehead atoms. The molecule has 1 N–H and O–H groups in total. The highest BCUT2D eigenvalue weighted by Gasteiger charge is 2.24. The highest BCUT2D eigenvalue weighted by molar-refractivity contribution is 5.42. The molecule has 3 rings (SSSR count). The Kier molecular flexibility index (Phi) is 5.63. The average molecular weight is 334 g/mol. The molecule has 1 aliphatic carbocycles. The topological polar surface area (TPSA) is 12.0 Å². The quantitative estimate of drug-likeness (QED) is 0.692. The smallest absolute Gasteiger partial charge is 0.0237 e. The molecule has 0 fully saturated rings. The van der Waals surface area contributed by atoms with Gasteiger partial charge in [0.25, 0.3) is 0 Å². The van der Waals surface area contributed by atoms with Gasteiger partial charge in [-0.05, 0) is 73.8 Å². The second-order valence-electron chi connectivity index (χ2n) is 7.51. The van der Waals surface area contributed by atoms with Crippen molar-refractivity contribution in [3.8, 4) is 0 Å². The summed E-state index contributed by atoms with van der Waals surface area (Å²) in [6, 6.07) is 13.9. The van der Waals surface area contributed by atoms with Crippen molar-refractivity contribution in [1.29, 1.82) is 0 Å². The van der Waals surface area contributed by atoms with Gasteiger partial charge in [-0.15, -0.1) is 0 Å². The zero-order chi connectivity index (χ0) is 17.8. The van der Waals surface area contributed by atoms with E-state index in [4.69, 9.17) is 0 Å². The van der Waals surface area contributed by atoms with Crippen molar-refractivity contribution in [1.82, 2.24) is 5.32 Å². The minimum Gasteiger partial charge on any atom is -0.388 e. The van der Waals surface area contributed by atoms with Crippen molar-refractivity contribution in [3.05, 3.63) is 82.1 Å². The molecule has 25 heavy (non-hydrogen) atoms. The molecule has 0 saturated heterocycles. The third-order valence-electron chi connectivity index (χ3n) is 5.49. The molecule has 1 heteroatoms. The fourth-order valence-corrected chi connectivity index (χ4v) is 4.00. The van der Waals surface area contributed by atoms with E-state index in [1.165, 1.54) is 51.9 Å². The maximum absolute atomic E-state index is 4.28. The third kappa shape index (κ3) is 4.15. The molecule has 0 heterocycles. The Morgan fingerprint density at radius 2 is 1.96 bits per heavy atom. The molecule has 1 aliphatic rings. The predicted octanol–water partition coefficient (Wildman–Crippen LogP) is 5.63. The van der Waals surface area contributed by atoms with E-state index in [-0.39, 0.29) is 0 Å². The number of fused-ring (bicyclic) bond motifs is 1. The number of benzene rings is 2. The van der Waals surface area contributed by atoms with Crippen LogP contribution in [0, 0.1) is 13.8 Å². The van der Waals surface area contributed by atoms with Gasteiger partial charge in [0.05, 0.1) is 0 Å². The molecule has 2 aromatic rings. The number of hydrogen-bond donors (Lipinski definition) is 1. The SMILES string of the molecule is C=C(NCCC)C1CCc2cc(CCc3ccc(C)cc3C)ccc21. The zero-order valence-electron chi connectivity index (χ0n) is 16.0. The van der Waals surface area contributed by atoms with Crippen LogP contribution in [0.1, 0.15) is 59.1 Å². The number of allylic oxidation sites excluding steroid dienone is 1. The molecule has 2 aromatic carbocycles. The van der Waals surface area contributed by atoms with E-state index < -0.39 is 0 Å². The van der Waals surface area contributed by atoms with Gasteiger partial charge < -0.3 is 5.32 Å². The average Bonchev–Trinajstić information content (AvgIpc) is 3.02. The Morgan fingerprint density at radius 3 is 2.72 bits per heavy atom. The molecule has 0 aromatic heterocycles. The molecule has 0 spiro atoms. The fourth-order valence-electron chi connectivity index (χ4n) is 4.00. The molecular formula is C24H31N. The summed E-state index contributed by atoms with van der Waals surface area (Å²) < 4.78 is 0. The monoisotopic (exact) mass is 333 g/mol. The lowest BCUT2D eigenvalue weighted by Gasteiger charge is -2.17. The summed E-state index contributed by atoms with van der Waals surface area (Å²) in [5.41, 5.74) is 9.92. The van der Waals surface area contributed by atoms with Gasteiger partial charge in [0.1, 0.15) is 0 Å². The van der Waals surface area contributed by atoms with Crippen LogP contribution in [0.4, 0.5) is 0 Å². The Labute approximate surface area is 153 Å². The molecule has 1 unspecified atom stereocenters. The molecule has 1 nitrogen and oxygen atoms in total. The van der Waals surface area contributed by atoms with Crippen LogP contribution in [0.3, 0.4) is 0 Å². The summed E-state index contributed by atoms with van der Waals surface area (Å²) in [4.78, 5) is 0. The van der Waals surface area contributed by atoms with Crippen LogP contribution in [-0.2, 0) is 19.3 Å². The summed E-state index contributed by atoms with van der Waals surface area (Å²) in [5, 5.41) is 3.49. The minimum atomic E-state index is 0.495. The minimum absolute atomic E-state index is 0.495. The molecule has 0 amide bonds.